The quantitative estimate of drug-likeness (QED) is 0.779. The van der Waals surface area contributed by atoms with Gasteiger partial charge < -0.3 is 10.1 Å². The van der Waals surface area contributed by atoms with Crippen LogP contribution in [0.5, 0.6) is 5.75 Å². The van der Waals surface area contributed by atoms with Crippen LogP contribution in [0.3, 0.4) is 0 Å². The number of rotatable bonds is 6. The standard InChI is InChI=1S/C18H29NO/c1-4-20-18-10-6-9-17(13-18)19-16-8-5-7-15(12-16)11-14(2)3/h6,9-10,13-16,19H,4-5,7-8,11-12H2,1-3H3. The van der Waals surface area contributed by atoms with E-state index < -0.39 is 0 Å². The van der Waals surface area contributed by atoms with Gasteiger partial charge in [0.2, 0.25) is 0 Å². The lowest BCUT2D eigenvalue weighted by Crippen LogP contribution is -2.27. The zero-order valence-corrected chi connectivity index (χ0v) is 13.2. The molecule has 1 aliphatic rings. The van der Waals surface area contributed by atoms with Crippen molar-refractivity contribution in [2.24, 2.45) is 11.8 Å². The van der Waals surface area contributed by atoms with Gasteiger partial charge in [0.05, 0.1) is 6.61 Å². The fourth-order valence-electron chi connectivity index (χ4n) is 3.38. The molecule has 2 nitrogen and oxygen atoms in total. The summed E-state index contributed by atoms with van der Waals surface area (Å²) in [6.45, 7) is 7.42. The van der Waals surface area contributed by atoms with E-state index in [4.69, 9.17) is 4.74 Å². The molecule has 0 spiro atoms. The Labute approximate surface area is 123 Å². The van der Waals surface area contributed by atoms with E-state index in [0.717, 1.165) is 24.2 Å². The van der Waals surface area contributed by atoms with Crippen molar-refractivity contribution in [2.75, 3.05) is 11.9 Å². The van der Waals surface area contributed by atoms with Gasteiger partial charge in [0.15, 0.2) is 0 Å². The second-order valence-corrected chi connectivity index (χ2v) is 6.46. The van der Waals surface area contributed by atoms with Gasteiger partial charge in [-0.3, -0.25) is 0 Å². The van der Waals surface area contributed by atoms with Crippen LogP contribution < -0.4 is 10.1 Å². The molecular weight excluding hydrogens is 246 g/mol. The van der Waals surface area contributed by atoms with E-state index in [0.29, 0.717) is 6.04 Å². The molecule has 2 rings (SSSR count). The Kier molecular flexibility index (Phi) is 5.75. The maximum Gasteiger partial charge on any atom is 0.121 e. The Hall–Kier alpha value is -1.18. The van der Waals surface area contributed by atoms with Crippen LogP contribution in [0.2, 0.25) is 0 Å². The molecule has 112 valence electrons. The second kappa shape index (κ2) is 7.56. The molecule has 2 heteroatoms. The average Bonchev–Trinajstić information content (AvgIpc) is 2.39. The molecule has 0 aromatic heterocycles. The molecule has 1 aromatic rings. The summed E-state index contributed by atoms with van der Waals surface area (Å²) in [5.74, 6) is 2.68. The first-order valence-electron chi connectivity index (χ1n) is 8.16. The molecule has 0 saturated heterocycles. The van der Waals surface area contributed by atoms with Gasteiger partial charge in [0.25, 0.3) is 0 Å². The fourth-order valence-corrected chi connectivity index (χ4v) is 3.38. The molecule has 2 atom stereocenters. The highest BCUT2D eigenvalue weighted by Gasteiger charge is 2.22. The van der Waals surface area contributed by atoms with Gasteiger partial charge in [-0.15, -0.1) is 0 Å². The van der Waals surface area contributed by atoms with Crippen LogP contribution in [0.4, 0.5) is 5.69 Å². The SMILES string of the molecule is CCOc1cccc(NC2CCCC(CC(C)C)C2)c1. The molecule has 0 heterocycles. The molecular formula is C18H29NO. The molecule has 0 bridgehead atoms. The Morgan fingerprint density at radius 2 is 2.15 bits per heavy atom. The number of ether oxygens (including phenoxy) is 1. The third kappa shape index (κ3) is 4.73. The predicted octanol–water partition coefficient (Wildman–Crippen LogP) is 5.10. The van der Waals surface area contributed by atoms with Crippen molar-refractivity contribution in [3.05, 3.63) is 24.3 Å². The lowest BCUT2D eigenvalue weighted by atomic mass is 9.81. The zero-order valence-electron chi connectivity index (χ0n) is 13.2. The molecule has 1 N–H and O–H groups in total. The summed E-state index contributed by atoms with van der Waals surface area (Å²) in [6.07, 6.45) is 6.76. The van der Waals surface area contributed by atoms with Gasteiger partial charge in [0, 0.05) is 17.8 Å². The second-order valence-electron chi connectivity index (χ2n) is 6.46. The summed E-state index contributed by atoms with van der Waals surface area (Å²) in [4.78, 5) is 0. The highest BCUT2D eigenvalue weighted by molar-refractivity contribution is 5.48. The van der Waals surface area contributed by atoms with E-state index in [1.165, 1.54) is 37.8 Å². The minimum absolute atomic E-state index is 0.629. The van der Waals surface area contributed by atoms with Crippen molar-refractivity contribution in [3.63, 3.8) is 0 Å². The van der Waals surface area contributed by atoms with Crippen LogP contribution in [-0.2, 0) is 0 Å². The lowest BCUT2D eigenvalue weighted by Gasteiger charge is -2.31. The Balaban J connectivity index is 1.90. The smallest absolute Gasteiger partial charge is 0.121 e. The first-order valence-corrected chi connectivity index (χ1v) is 8.16. The molecule has 20 heavy (non-hydrogen) atoms. The van der Waals surface area contributed by atoms with Crippen molar-refractivity contribution in [2.45, 2.75) is 58.9 Å². The summed E-state index contributed by atoms with van der Waals surface area (Å²) in [7, 11) is 0. The van der Waals surface area contributed by atoms with Crippen LogP contribution in [0.15, 0.2) is 24.3 Å². The number of nitrogens with one attached hydrogen (secondary N) is 1. The molecule has 1 fully saturated rings. The Bertz CT molecular complexity index is 402. The van der Waals surface area contributed by atoms with Crippen molar-refractivity contribution in [1.29, 1.82) is 0 Å². The van der Waals surface area contributed by atoms with Crippen LogP contribution in [-0.4, -0.2) is 12.6 Å². The van der Waals surface area contributed by atoms with Gasteiger partial charge in [-0.25, -0.2) is 0 Å². The van der Waals surface area contributed by atoms with E-state index in [1.807, 2.05) is 13.0 Å². The molecule has 0 aliphatic heterocycles. The topological polar surface area (TPSA) is 21.3 Å². The van der Waals surface area contributed by atoms with Gasteiger partial charge in [-0.1, -0.05) is 32.8 Å². The number of hydrogen-bond donors (Lipinski definition) is 1. The first kappa shape index (κ1) is 15.2. The van der Waals surface area contributed by atoms with Crippen LogP contribution in [0.1, 0.15) is 52.9 Å². The summed E-state index contributed by atoms with van der Waals surface area (Å²) in [5, 5.41) is 3.70. The van der Waals surface area contributed by atoms with Crippen molar-refractivity contribution >= 4 is 5.69 Å². The van der Waals surface area contributed by atoms with Crippen LogP contribution in [0.25, 0.3) is 0 Å². The minimum Gasteiger partial charge on any atom is -0.494 e. The van der Waals surface area contributed by atoms with E-state index in [-0.39, 0.29) is 0 Å². The zero-order chi connectivity index (χ0) is 14.4. The molecule has 0 radical (unpaired) electrons. The molecule has 1 saturated carbocycles. The van der Waals surface area contributed by atoms with E-state index in [1.54, 1.807) is 0 Å². The largest absolute Gasteiger partial charge is 0.494 e. The van der Waals surface area contributed by atoms with E-state index in [2.05, 4.69) is 37.4 Å². The minimum atomic E-state index is 0.629. The highest BCUT2D eigenvalue weighted by atomic mass is 16.5. The lowest BCUT2D eigenvalue weighted by molar-refractivity contribution is 0.289. The number of hydrogen-bond acceptors (Lipinski definition) is 2. The fraction of sp³-hybridized carbons (Fsp3) is 0.667. The van der Waals surface area contributed by atoms with Crippen LogP contribution in [0, 0.1) is 11.8 Å². The maximum absolute atomic E-state index is 5.57. The molecule has 1 aliphatic carbocycles. The predicted molar refractivity (Wildman–Crippen MR) is 86.4 cm³/mol. The third-order valence-electron chi connectivity index (χ3n) is 4.10. The van der Waals surface area contributed by atoms with Gasteiger partial charge >= 0.3 is 0 Å². The van der Waals surface area contributed by atoms with E-state index in [9.17, 15) is 0 Å². The van der Waals surface area contributed by atoms with Gasteiger partial charge in [-0.2, -0.15) is 0 Å². The summed E-state index contributed by atoms with van der Waals surface area (Å²) in [5.41, 5.74) is 1.20. The number of benzene rings is 1. The average molecular weight is 275 g/mol. The molecule has 2 unspecified atom stereocenters. The Morgan fingerprint density at radius 1 is 1.30 bits per heavy atom. The van der Waals surface area contributed by atoms with E-state index >= 15 is 0 Å². The normalized spacial score (nSPS) is 22.8. The van der Waals surface area contributed by atoms with Crippen molar-refractivity contribution in [1.82, 2.24) is 0 Å². The van der Waals surface area contributed by atoms with Crippen molar-refractivity contribution < 1.29 is 4.74 Å². The third-order valence-corrected chi connectivity index (χ3v) is 4.10. The van der Waals surface area contributed by atoms with Gasteiger partial charge in [-0.05, 0) is 50.2 Å². The van der Waals surface area contributed by atoms with Crippen molar-refractivity contribution in [3.8, 4) is 5.75 Å². The number of anilines is 1. The molecule has 0 amide bonds. The first-order chi connectivity index (χ1) is 9.67. The monoisotopic (exact) mass is 275 g/mol. The van der Waals surface area contributed by atoms with Crippen LogP contribution >= 0.6 is 0 Å². The summed E-state index contributed by atoms with van der Waals surface area (Å²) in [6, 6.07) is 8.99. The summed E-state index contributed by atoms with van der Waals surface area (Å²) < 4.78 is 5.57. The maximum atomic E-state index is 5.57. The molecule has 1 aromatic carbocycles. The Morgan fingerprint density at radius 3 is 2.90 bits per heavy atom. The highest BCUT2D eigenvalue weighted by Crippen LogP contribution is 2.31. The van der Waals surface area contributed by atoms with Gasteiger partial charge in [0.1, 0.15) is 5.75 Å². The summed E-state index contributed by atoms with van der Waals surface area (Å²) >= 11 is 0.